The first kappa shape index (κ1) is 12.1. The molecule has 2 heterocycles. The summed E-state index contributed by atoms with van der Waals surface area (Å²) >= 11 is 1.80. The third-order valence-corrected chi connectivity index (χ3v) is 4.58. The first-order valence-corrected chi connectivity index (χ1v) is 7.41. The molecule has 1 aromatic rings. The molecule has 2 unspecified atom stereocenters. The van der Waals surface area contributed by atoms with Crippen LogP contribution >= 0.6 is 11.3 Å². The smallest absolute Gasteiger partial charge is 0.250 e. The molecule has 1 fully saturated rings. The van der Waals surface area contributed by atoms with Gasteiger partial charge in [0.25, 0.3) is 5.91 Å². The van der Waals surface area contributed by atoms with Gasteiger partial charge in [0.1, 0.15) is 6.10 Å². The first-order valence-electron chi connectivity index (χ1n) is 6.53. The number of amides is 1. The molecular formula is C13H18N2O2S. The summed E-state index contributed by atoms with van der Waals surface area (Å²) < 4.78 is 5.48. The predicted molar refractivity (Wildman–Crippen MR) is 70.8 cm³/mol. The summed E-state index contributed by atoms with van der Waals surface area (Å²) in [6.45, 7) is 2.07. The fraction of sp³-hybridized carbons (Fsp3) is 0.615. The molecule has 2 aliphatic rings. The highest BCUT2D eigenvalue weighted by Gasteiger charge is 2.27. The lowest BCUT2D eigenvalue weighted by atomic mass is 9.94. The number of thiophene rings is 1. The normalized spacial score (nSPS) is 27.6. The van der Waals surface area contributed by atoms with Gasteiger partial charge < -0.3 is 15.4 Å². The van der Waals surface area contributed by atoms with Crippen LogP contribution < -0.4 is 10.6 Å². The average Bonchev–Trinajstić information content (AvgIpc) is 2.89. The fourth-order valence-electron chi connectivity index (χ4n) is 2.63. The number of fused-ring (bicyclic) bond motifs is 1. The SMILES string of the molecule is O=C(NC1CCCc2sccc21)C1CNCCO1. The molecule has 98 valence electrons. The monoisotopic (exact) mass is 266 g/mol. The summed E-state index contributed by atoms with van der Waals surface area (Å²) in [5, 5.41) is 8.44. The maximum Gasteiger partial charge on any atom is 0.250 e. The Kier molecular flexibility index (Phi) is 3.63. The van der Waals surface area contributed by atoms with E-state index in [9.17, 15) is 4.79 Å². The molecule has 1 aliphatic heterocycles. The van der Waals surface area contributed by atoms with Crippen LogP contribution in [-0.4, -0.2) is 31.7 Å². The van der Waals surface area contributed by atoms with Crippen LogP contribution in [0.4, 0.5) is 0 Å². The maximum absolute atomic E-state index is 12.1. The zero-order valence-corrected chi connectivity index (χ0v) is 11.1. The van der Waals surface area contributed by atoms with Crippen molar-refractivity contribution in [2.45, 2.75) is 31.4 Å². The Morgan fingerprint density at radius 1 is 1.56 bits per heavy atom. The standard InChI is InChI=1S/C13H18N2O2S/c16-13(11-8-14-5-6-17-11)15-10-2-1-3-12-9(10)4-7-18-12/h4,7,10-11,14H,1-3,5-6,8H2,(H,15,16). The maximum atomic E-state index is 12.1. The van der Waals surface area contributed by atoms with E-state index in [0.717, 1.165) is 25.8 Å². The van der Waals surface area contributed by atoms with E-state index >= 15 is 0 Å². The lowest BCUT2D eigenvalue weighted by Gasteiger charge is -2.28. The molecule has 1 amide bonds. The minimum Gasteiger partial charge on any atom is -0.366 e. The van der Waals surface area contributed by atoms with Crippen molar-refractivity contribution in [3.8, 4) is 0 Å². The van der Waals surface area contributed by atoms with Gasteiger partial charge in [-0.15, -0.1) is 11.3 Å². The number of hydrogen-bond acceptors (Lipinski definition) is 4. The second kappa shape index (κ2) is 5.38. The number of carbonyl (C=O) groups is 1. The van der Waals surface area contributed by atoms with Crippen molar-refractivity contribution in [1.82, 2.24) is 10.6 Å². The fourth-order valence-corrected chi connectivity index (χ4v) is 3.62. The number of carbonyl (C=O) groups excluding carboxylic acids is 1. The molecule has 1 aliphatic carbocycles. The summed E-state index contributed by atoms with van der Waals surface area (Å²) in [4.78, 5) is 13.6. The lowest BCUT2D eigenvalue weighted by molar-refractivity contribution is -0.135. The molecule has 3 rings (SSSR count). The number of ether oxygens (including phenoxy) is 1. The van der Waals surface area contributed by atoms with Crippen molar-refractivity contribution < 1.29 is 9.53 Å². The topological polar surface area (TPSA) is 50.4 Å². The van der Waals surface area contributed by atoms with Crippen molar-refractivity contribution >= 4 is 17.2 Å². The van der Waals surface area contributed by atoms with Crippen LogP contribution in [0.2, 0.25) is 0 Å². The van der Waals surface area contributed by atoms with Crippen LogP contribution in [0, 0.1) is 0 Å². The second-order valence-electron chi connectivity index (χ2n) is 4.82. The molecular weight excluding hydrogens is 248 g/mol. The van der Waals surface area contributed by atoms with Gasteiger partial charge >= 0.3 is 0 Å². The van der Waals surface area contributed by atoms with Gasteiger partial charge in [-0.05, 0) is 36.3 Å². The molecule has 0 bridgehead atoms. The predicted octanol–water partition coefficient (Wildman–Crippen LogP) is 1.23. The molecule has 18 heavy (non-hydrogen) atoms. The average molecular weight is 266 g/mol. The summed E-state index contributed by atoms with van der Waals surface area (Å²) in [6.07, 6.45) is 3.02. The molecule has 0 spiro atoms. The van der Waals surface area contributed by atoms with Gasteiger partial charge in [-0.1, -0.05) is 0 Å². The molecule has 0 aromatic carbocycles. The van der Waals surface area contributed by atoms with Crippen molar-refractivity contribution in [1.29, 1.82) is 0 Å². The number of aryl methyl sites for hydroxylation is 1. The summed E-state index contributed by atoms with van der Waals surface area (Å²) in [7, 11) is 0. The molecule has 2 atom stereocenters. The number of morpholine rings is 1. The Morgan fingerprint density at radius 2 is 2.50 bits per heavy atom. The Labute approximate surface area is 111 Å². The van der Waals surface area contributed by atoms with Crippen LogP contribution in [0.1, 0.15) is 29.3 Å². The van der Waals surface area contributed by atoms with Crippen LogP contribution in [0.3, 0.4) is 0 Å². The van der Waals surface area contributed by atoms with E-state index in [1.54, 1.807) is 11.3 Å². The van der Waals surface area contributed by atoms with E-state index in [2.05, 4.69) is 22.1 Å². The van der Waals surface area contributed by atoms with Gasteiger partial charge in [-0.2, -0.15) is 0 Å². The number of nitrogens with one attached hydrogen (secondary N) is 2. The minimum atomic E-state index is -0.331. The Bertz CT molecular complexity index is 426. The lowest BCUT2D eigenvalue weighted by Crippen LogP contribution is -2.48. The minimum absolute atomic E-state index is 0.0197. The molecule has 0 radical (unpaired) electrons. The third-order valence-electron chi connectivity index (χ3n) is 3.59. The van der Waals surface area contributed by atoms with Crippen molar-refractivity contribution in [3.05, 3.63) is 21.9 Å². The molecule has 1 aromatic heterocycles. The summed E-state index contributed by atoms with van der Waals surface area (Å²) in [5.74, 6) is 0.0197. The highest BCUT2D eigenvalue weighted by atomic mass is 32.1. The molecule has 1 saturated heterocycles. The van der Waals surface area contributed by atoms with Gasteiger partial charge in [0.05, 0.1) is 12.6 Å². The van der Waals surface area contributed by atoms with Gasteiger partial charge in [-0.25, -0.2) is 0 Å². The third kappa shape index (κ3) is 2.43. The highest BCUT2D eigenvalue weighted by molar-refractivity contribution is 7.10. The summed E-state index contributed by atoms with van der Waals surface area (Å²) in [6, 6.07) is 2.32. The Balaban J connectivity index is 1.65. The van der Waals surface area contributed by atoms with E-state index in [1.165, 1.54) is 10.4 Å². The molecule has 2 N–H and O–H groups in total. The van der Waals surface area contributed by atoms with E-state index < -0.39 is 0 Å². The molecule has 0 saturated carbocycles. The molecule has 4 nitrogen and oxygen atoms in total. The van der Waals surface area contributed by atoms with Crippen molar-refractivity contribution in [2.75, 3.05) is 19.7 Å². The van der Waals surface area contributed by atoms with Gasteiger partial charge in [0.2, 0.25) is 0 Å². The van der Waals surface area contributed by atoms with Crippen LogP contribution in [0.5, 0.6) is 0 Å². The largest absolute Gasteiger partial charge is 0.366 e. The zero-order valence-electron chi connectivity index (χ0n) is 10.3. The highest BCUT2D eigenvalue weighted by Crippen LogP contribution is 2.33. The van der Waals surface area contributed by atoms with Crippen LogP contribution in [0.25, 0.3) is 0 Å². The number of hydrogen-bond donors (Lipinski definition) is 2. The van der Waals surface area contributed by atoms with E-state index in [4.69, 9.17) is 4.74 Å². The number of rotatable bonds is 2. The summed E-state index contributed by atoms with van der Waals surface area (Å²) in [5.41, 5.74) is 1.31. The quantitative estimate of drug-likeness (QED) is 0.846. The Morgan fingerprint density at radius 3 is 3.33 bits per heavy atom. The zero-order chi connectivity index (χ0) is 12.4. The van der Waals surface area contributed by atoms with Gasteiger partial charge in [-0.3, -0.25) is 4.79 Å². The van der Waals surface area contributed by atoms with Crippen molar-refractivity contribution in [3.63, 3.8) is 0 Å². The van der Waals surface area contributed by atoms with E-state index in [-0.39, 0.29) is 18.1 Å². The van der Waals surface area contributed by atoms with Gasteiger partial charge in [0, 0.05) is 18.0 Å². The van der Waals surface area contributed by atoms with Crippen molar-refractivity contribution in [2.24, 2.45) is 0 Å². The van der Waals surface area contributed by atoms with Gasteiger partial charge in [0.15, 0.2) is 0 Å². The Hall–Kier alpha value is -0.910. The van der Waals surface area contributed by atoms with E-state index in [0.29, 0.717) is 13.2 Å². The van der Waals surface area contributed by atoms with E-state index in [1.807, 2.05) is 0 Å². The van der Waals surface area contributed by atoms with Crippen LogP contribution in [-0.2, 0) is 16.0 Å². The van der Waals surface area contributed by atoms with Crippen LogP contribution in [0.15, 0.2) is 11.4 Å². The first-order chi connectivity index (χ1) is 8.84. The molecule has 5 heteroatoms. The second-order valence-corrected chi connectivity index (χ2v) is 5.82.